The second-order valence-electron chi connectivity index (χ2n) is 6.37. The predicted molar refractivity (Wildman–Crippen MR) is 106 cm³/mol. The van der Waals surface area contributed by atoms with Crippen LogP contribution in [0.15, 0.2) is 4.99 Å². The average molecular weight is 425 g/mol. The van der Waals surface area contributed by atoms with E-state index in [1.54, 1.807) is 0 Å². The van der Waals surface area contributed by atoms with Crippen molar-refractivity contribution >= 4 is 29.9 Å². The Balaban J connectivity index is 0.00000441. The van der Waals surface area contributed by atoms with E-state index in [1.165, 1.54) is 19.4 Å². The van der Waals surface area contributed by atoms with E-state index in [-0.39, 0.29) is 24.0 Å². The summed E-state index contributed by atoms with van der Waals surface area (Å²) in [4.78, 5) is 7.23. The average Bonchev–Trinajstić information content (AvgIpc) is 2.89. The number of unbranched alkanes of at least 4 members (excludes halogenated alkanes) is 1. The molecule has 4 nitrogen and oxygen atoms in total. The highest BCUT2D eigenvalue weighted by Crippen LogP contribution is 2.23. The normalized spacial score (nSPS) is 18.7. The van der Waals surface area contributed by atoms with E-state index in [2.05, 4.69) is 31.0 Å². The monoisotopic (exact) mass is 425 g/mol. The molecule has 1 N–H and O–H groups in total. The van der Waals surface area contributed by atoms with Crippen LogP contribution in [0.2, 0.25) is 0 Å². The lowest BCUT2D eigenvalue weighted by atomic mass is 9.97. The van der Waals surface area contributed by atoms with Gasteiger partial charge in [0.05, 0.1) is 0 Å². The molecular weight excluding hydrogens is 389 g/mol. The van der Waals surface area contributed by atoms with Gasteiger partial charge in [0.25, 0.3) is 0 Å². The van der Waals surface area contributed by atoms with E-state index in [0.29, 0.717) is 0 Å². The molecular formula is C17H36IN3O. The molecule has 0 amide bonds. The third kappa shape index (κ3) is 9.18. The molecule has 1 unspecified atom stereocenters. The highest BCUT2D eigenvalue weighted by atomic mass is 127. The zero-order valence-corrected chi connectivity index (χ0v) is 17.3. The topological polar surface area (TPSA) is 36.9 Å². The summed E-state index contributed by atoms with van der Waals surface area (Å²) in [6, 6.07) is 0. The number of likely N-dealkylation sites (tertiary alicyclic amines) is 1. The Morgan fingerprint density at radius 1 is 1.32 bits per heavy atom. The van der Waals surface area contributed by atoms with Crippen molar-refractivity contribution in [2.45, 2.75) is 53.4 Å². The number of aliphatic imine (C=N–C) groups is 1. The van der Waals surface area contributed by atoms with Crippen molar-refractivity contribution in [3.8, 4) is 0 Å². The molecule has 1 saturated heterocycles. The Morgan fingerprint density at radius 2 is 2.09 bits per heavy atom. The highest BCUT2D eigenvalue weighted by Gasteiger charge is 2.25. The zero-order valence-electron chi connectivity index (χ0n) is 14.9. The van der Waals surface area contributed by atoms with Gasteiger partial charge in [-0.05, 0) is 51.4 Å². The van der Waals surface area contributed by atoms with Crippen molar-refractivity contribution in [3.05, 3.63) is 0 Å². The lowest BCUT2D eigenvalue weighted by Gasteiger charge is -2.22. The molecule has 132 valence electrons. The molecule has 0 radical (unpaired) electrons. The first kappa shape index (κ1) is 22.0. The van der Waals surface area contributed by atoms with E-state index >= 15 is 0 Å². The van der Waals surface area contributed by atoms with Gasteiger partial charge in [0.2, 0.25) is 0 Å². The van der Waals surface area contributed by atoms with Crippen LogP contribution < -0.4 is 5.32 Å². The van der Waals surface area contributed by atoms with Gasteiger partial charge in [0.15, 0.2) is 5.96 Å². The Kier molecular flexibility index (Phi) is 13.4. The van der Waals surface area contributed by atoms with Crippen molar-refractivity contribution in [3.63, 3.8) is 0 Å². The molecule has 1 aliphatic heterocycles. The van der Waals surface area contributed by atoms with E-state index < -0.39 is 0 Å². The molecule has 0 aromatic carbocycles. The highest BCUT2D eigenvalue weighted by molar-refractivity contribution is 14.0. The molecule has 5 heteroatoms. The summed E-state index contributed by atoms with van der Waals surface area (Å²) in [6.45, 7) is 14.7. The van der Waals surface area contributed by atoms with Gasteiger partial charge >= 0.3 is 0 Å². The van der Waals surface area contributed by atoms with Crippen LogP contribution in [-0.2, 0) is 4.74 Å². The van der Waals surface area contributed by atoms with E-state index in [4.69, 9.17) is 9.73 Å². The van der Waals surface area contributed by atoms with Gasteiger partial charge in [-0.3, -0.25) is 4.99 Å². The molecule has 1 heterocycles. The van der Waals surface area contributed by atoms with Gasteiger partial charge in [-0.2, -0.15) is 0 Å². The van der Waals surface area contributed by atoms with Gasteiger partial charge in [-0.25, -0.2) is 0 Å². The van der Waals surface area contributed by atoms with E-state index in [9.17, 15) is 0 Å². The summed E-state index contributed by atoms with van der Waals surface area (Å²) in [7, 11) is 0. The number of hydrogen-bond donors (Lipinski definition) is 1. The number of nitrogens with one attached hydrogen (secondary N) is 1. The molecule has 0 aromatic rings. The SMILES string of the molecule is CCNC(=NCCCCOCC)N1CCC(CC(C)C)C1.I. The van der Waals surface area contributed by atoms with Gasteiger partial charge in [0, 0.05) is 39.4 Å². The van der Waals surface area contributed by atoms with E-state index in [1.807, 2.05) is 6.92 Å². The first-order valence-corrected chi connectivity index (χ1v) is 8.78. The lowest BCUT2D eigenvalue weighted by molar-refractivity contribution is 0.144. The summed E-state index contributed by atoms with van der Waals surface area (Å²) in [5.41, 5.74) is 0. The molecule has 0 spiro atoms. The Labute approximate surface area is 154 Å². The molecule has 22 heavy (non-hydrogen) atoms. The van der Waals surface area contributed by atoms with Crippen LogP contribution in [-0.4, -0.2) is 50.3 Å². The minimum atomic E-state index is 0. The maximum absolute atomic E-state index is 5.36. The first-order valence-electron chi connectivity index (χ1n) is 8.78. The summed E-state index contributed by atoms with van der Waals surface area (Å²) in [5.74, 6) is 2.75. The van der Waals surface area contributed by atoms with Crippen LogP contribution >= 0.6 is 24.0 Å². The summed E-state index contributed by atoms with van der Waals surface area (Å²) in [6.07, 6.45) is 4.86. The second kappa shape index (κ2) is 13.4. The fourth-order valence-electron chi connectivity index (χ4n) is 2.96. The quantitative estimate of drug-likeness (QED) is 0.265. The van der Waals surface area contributed by atoms with Gasteiger partial charge < -0.3 is 15.0 Å². The van der Waals surface area contributed by atoms with Crippen LogP contribution in [0.25, 0.3) is 0 Å². The van der Waals surface area contributed by atoms with Gasteiger partial charge in [-0.1, -0.05) is 13.8 Å². The van der Waals surface area contributed by atoms with Crippen molar-refractivity contribution in [2.75, 3.05) is 39.4 Å². The molecule has 0 bridgehead atoms. The molecule has 1 rings (SSSR count). The molecule has 1 aliphatic rings. The first-order chi connectivity index (χ1) is 10.2. The smallest absolute Gasteiger partial charge is 0.193 e. The van der Waals surface area contributed by atoms with Crippen molar-refractivity contribution in [2.24, 2.45) is 16.8 Å². The van der Waals surface area contributed by atoms with Crippen LogP contribution in [0.4, 0.5) is 0 Å². The number of guanidine groups is 1. The number of halogens is 1. The van der Waals surface area contributed by atoms with Gasteiger partial charge in [-0.15, -0.1) is 24.0 Å². The summed E-state index contributed by atoms with van der Waals surface area (Å²) >= 11 is 0. The molecule has 0 aliphatic carbocycles. The fourth-order valence-corrected chi connectivity index (χ4v) is 2.96. The minimum absolute atomic E-state index is 0. The number of hydrogen-bond acceptors (Lipinski definition) is 2. The van der Waals surface area contributed by atoms with Crippen LogP contribution in [0, 0.1) is 11.8 Å². The molecule has 1 fully saturated rings. The standard InChI is InChI=1S/C17H35N3O.HI/c1-5-18-17(19-10-7-8-12-21-6-2)20-11-9-16(14-20)13-15(3)4;/h15-16H,5-14H2,1-4H3,(H,18,19);1H. The van der Waals surface area contributed by atoms with Crippen molar-refractivity contribution in [1.82, 2.24) is 10.2 Å². The zero-order chi connectivity index (χ0) is 15.5. The maximum Gasteiger partial charge on any atom is 0.193 e. The Hall–Kier alpha value is -0.0400. The lowest BCUT2D eigenvalue weighted by Crippen LogP contribution is -2.40. The van der Waals surface area contributed by atoms with Crippen LogP contribution in [0.3, 0.4) is 0 Å². The largest absolute Gasteiger partial charge is 0.382 e. The van der Waals surface area contributed by atoms with Crippen molar-refractivity contribution in [1.29, 1.82) is 0 Å². The number of rotatable bonds is 9. The third-order valence-electron chi connectivity index (χ3n) is 3.89. The summed E-state index contributed by atoms with van der Waals surface area (Å²) in [5, 5.41) is 3.45. The molecule has 0 aromatic heterocycles. The Morgan fingerprint density at radius 3 is 2.73 bits per heavy atom. The third-order valence-corrected chi connectivity index (χ3v) is 3.89. The van der Waals surface area contributed by atoms with E-state index in [0.717, 1.165) is 63.5 Å². The second-order valence-corrected chi connectivity index (χ2v) is 6.37. The van der Waals surface area contributed by atoms with Crippen molar-refractivity contribution < 1.29 is 4.74 Å². The fraction of sp³-hybridized carbons (Fsp3) is 0.941. The summed E-state index contributed by atoms with van der Waals surface area (Å²) < 4.78 is 5.36. The number of nitrogens with zero attached hydrogens (tertiary/aromatic N) is 2. The minimum Gasteiger partial charge on any atom is -0.382 e. The molecule has 1 atom stereocenters. The van der Waals surface area contributed by atoms with Crippen LogP contribution in [0.1, 0.15) is 53.4 Å². The predicted octanol–water partition coefficient (Wildman–Crippen LogP) is 3.75. The van der Waals surface area contributed by atoms with Gasteiger partial charge in [0.1, 0.15) is 0 Å². The molecule has 0 saturated carbocycles. The van der Waals surface area contributed by atoms with Crippen LogP contribution in [0.5, 0.6) is 0 Å². The number of ether oxygens (including phenoxy) is 1. The Bertz CT molecular complexity index is 298. The maximum atomic E-state index is 5.36.